The Balaban J connectivity index is 2.33. The third-order valence-electron chi connectivity index (χ3n) is 5.02. The minimum atomic E-state index is 0.0509. The van der Waals surface area contributed by atoms with Crippen molar-refractivity contribution < 1.29 is 9.90 Å². The Kier molecular flexibility index (Phi) is 2.85. The number of allylic oxidation sites excluding steroid dienone is 2. The van der Waals surface area contributed by atoms with Crippen LogP contribution in [0.25, 0.3) is 0 Å². The molecule has 2 aliphatic rings. The largest absolute Gasteiger partial charge is 0.512 e. The van der Waals surface area contributed by atoms with Gasteiger partial charge in [-0.15, -0.1) is 0 Å². The molecule has 3 atom stereocenters. The normalized spacial score (nSPS) is 39.4. The summed E-state index contributed by atoms with van der Waals surface area (Å²) in [4.78, 5) is 11.5. The van der Waals surface area contributed by atoms with E-state index in [-0.39, 0.29) is 11.2 Å². The van der Waals surface area contributed by atoms with Crippen LogP contribution in [-0.4, -0.2) is 10.9 Å². The maximum Gasteiger partial charge on any atom is 0.159 e. The standard InChI is InChI=1S/C14H22O2/c1-9-5-4-6-11-7-13(16)12(10(2)15)8-14(9,11)3/h9,11,16H,4-8H2,1-3H3/t9-,11+,14+/m1/s1. The summed E-state index contributed by atoms with van der Waals surface area (Å²) in [5.41, 5.74) is 0.915. The summed E-state index contributed by atoms with van der Waals surface area (Å²) in [5.74, 6) is 1.65. The zero-order valence-corrected chi connectivity index (χ0v) is 10.5. The van der Waals surface area contributed by atoms with Crippen LogP contribution in [0.2, 0.25) is 0 Å². The molecule has 16 heavy (non-hydrogen) atoms. The van der Waals surface area contributed by atoms with Crippen molar-refractivity contribution in [2.45, 2.75) is 52.9 Å². The van der Waals surface area contributed by atoms with Gasteiger partial charge in [0.05, 0.1) is 5.76 Å². The minimum absolute atomic E-state index is 0.0509. The van der Waals surface area contributed by atoms with Gasteiger partial charge in [-0.05, 0) is 37.0 Å². The molecule has 2 nitrogen and oxygen atoms in total. The van der Waals surface area contributed by atoms with Crippen molar-refractivity contribution in [2.24, 2.45) is 17.3 Å². The average Bonchev–Trinajstić information content (AvgIpc) is 2.20. The molecule has 2 heteroatoms. The van der Waals surface area contributed by atoms with Gasteiger partial charge >= 0.3 is 0 Å². The van der Waals surface area contributed by atoms with Crippen molar-refractivity contribution in [2.75, 3.05) is 0 Å². The summed E-state index contributed by atoms with van der Waals surface area (Å²) in [6, 6.07) is 0. The number of carbonyl (C=O) groups is 1. The first-order chi connectivity index (χ1) is 7.45. The summed E-state index contributed by atoms with van der Waals surface area (Å²) in [7, 11) is 0. The van der Waals surface area contributed by atoms with Crippen molar-refractivity contribution in [1.29, 1.82) is 0 Å². The number of aliphatic hydroxyl groups is 1. The highest BCUT2D eigenvalue weighted by Crippen LogP contribution is 2.54. The van der Waals surface area contributed by atoms with Crippen molar-refractivity contribution in [3.8, 4) is 0 Å². The molecule has 90 valence electrons. The third kappa shape index (κ3) is 1.68. The smallest absolute Gasteiger partial charge is 0.159 e. The third-order valence-corrected chi connectivity index (χ3v) is 5.02. The number of fused-ring (bicyclic) bond motifs is 1. The Morgan fingerprint density at radius 2 is 2.12 bits per heavy atom. The van der Waals surface area contributed by atoms with Crippen LogP contribution in [0.1, 0.15) is 52.9 Å². The maximum atomic E-state index is 11.5. The van der Waals surface area contributed by atoms with Crippen LogP contribution in [0.4, 0.5) is 0 Å². The highest BCUT2D eigenvalue weighted by molar-refractivity contribution is 5.94. The Labute approximate surface area is 97.7 Å². The molecule has 0 amide bonds. The Bertz CT molecular complexity index is 343. The molecule has 0 aromatic rings. The first-order valence-corrected chi connectivity index (χ1v) is 6.37. The number of carbonyl (C=O) groups excluding carboxylic acids is 1. The lowest BCUT2D eigenvalue weighted by Crippen LogP contribution is -2.41. The van der Waals surface area contributed by atoms with Crippen LogP contribution in [0, 0.1) is 17.3 Å². The zero-order chi connectivity index (χ0) is 11.9. The highest BCUT2D eigenvalue weighted by atomic mass is 16.3. The van der Waals surface area contributed by atoms with Gasteiger partial charge in [-0.1, -0.05) is 26.7 Å². The molecule has 0 aliphatic heterocycles. The Morgan fingerprint density at radius 1 is 1.44 bits per heavy atom. The fraction of sp³-hybridized carbons (Fsp3) is 0.786. The zero-order valence-electron chi connectivity index (χ0n) is 10.5. The maximum absolute atomic E-state index is 11.5. The van der Waals surface area contributed by atoms with Gasteiger partial charge in [0.15, 0.2) is 5.78 Å². The molecular weight excluding hydrogens is 200 g/mol. The van der Waals surface area contributed by atoms with E-state index in [0.29, 0.717) is 23.2 Å². The summed E-state index contributed by atoms with van der Waals surface area (Å²) in [6.45, 7) is 6.17. The van der Waals surface area contributed by atoms with Crippen LogP contribution in [0.15, 0.2) is 11.3 Å². The monoisotopic (exact) mass is 222 g/mol. The Morgan fingerprint density at radius 3 is 2.75 bits per heavy atom. The molecular formula is C14H22O2. The predicted molar refractivity (Wildman–Crippen MR) is 64.2 cm³/mol. The van der Waals surface area contributed by atoms with E-state index >= 15 is 0 Å². The molecule has 0 spiro atoms. The molecule has 0 radical (unpaired) electrons. The van der Waals surface area contributed by atoms with E-state index < -0.39 is 0 Å². The molecule has 2 aliphatic carbocycles. The van der Waals surface area contributed by atoms with Gasteiger partial charge in [-0.2, -0.15) is 0 Å². The summed E-state index contributed by atoms with van der Waals surface area (Å²) in [5, 5.41) is 9.94. The highest BCUT2D eigenvalue weighted by Gasteiger charge is 2.46. The first kappa shape index (κ1) is 11.7. The van der Waals surface area contributed by atoms with Crippen LogP contribution in [-0.2, 0) is 4.79 Å². The molecule has 0 saturated heterocycles. The van der Waals surface area contributed by atoms with Gasteiger partial charge in [0.2, 0.25) is 0 Å². The van der Waals surface area contributed by atoms with Gasteiger partial charge < -0.3 is 5.11 Å². The summed E-state index contributed by atoms with van der Waals surface area (Å²) >= 11 is 0. The van der Waals surface area contributed by atoms with Gasteiger partial charge in [0, 0.05) is 12.0 Å². The fourth-order valence-corrected chi connectivity index (χ4v) is 3.55. The predicted octanol–water partition coefficient (Wildman–Crippen LogP) is 3.62. The van der Waals surface area contributed by atoms with Crippen LogP contribution >= 0.6 is 0 Å². The average molecular weight is 222 g/mol. The molecule has 1 fully saturated rings. The van der Waals surface area contributed by atoms with E-state index in [9.17, 15) is 9.90 Å². The van der Waals surface area contributed by atoms with Gasteiger partial charge in [-0.3, -0.25) is 4.79 Å². The van der Waals surface area contributed by atoms with E-state index in [0.717, 1.165) is 12.8 Å². The molecule has 0 unspecified atom stereocenters. The number of aliphatic hydroxyl groups excluding tert-OH is 1. The van der Waals surface area contributed by atoms with E-state index in [2.05, 4.69) is 13.8 Å². The lowest BCUT2D eigenvalue weighted by molar-refractivity contribution is -0.115. The SMILES string of the molecule is CC(=O)C1=C(O)C[C@@H]2CCC[C@@H](C)[C@]2(C)C1. The van der Waals surface area contributed by atoms with Crippen molar-refractivity contribution >= 4 is 5.78 Å². The molecule has 2 rings (SSSR count). The van der Waals surface area contributed by atoms with Gasteiger partial charge in [0.1, 0.15) is 0 Å². The van der Waals surface area contributed by atoms with Crippen molar-refractivity contribution in [3.63, 3.8) is 0 Å². The molecule has 0 heterocycles. The van der Waals surface area contributed by atoms with Gasteiger partial charge in [0.25, 0.3) is 0 Å². The lowest BCUT2D eigenvalue weighted by Gasteiger charge is -2.49. The molecule has 1 N–H and O–H groups in total. The first-order valence-electron chi connectivity index (χ1n) is 6.37. The summed E-state index contributed by atoms with van der Waals surface area (Å²) in [6.07, 6.45) is 5.23. The van der Waals surface area contributed by atoms with E-state index in [4.69, 9.17) is 0 Å². The second kappa shape index (κ2) is 3.90. The number of hydrogen-bond donors (Lipinski definition) is 1. The molecule has 1 saturated carbocycles. The number of rotatable bonds is 1. The lowest BCUT2D eigenvalue weighted by atomic mass is 9.55. The number of Topliss-reactive ketones (excluding diaryl/α,β-unsaturated/α-hetero) is 1. The van der Waals surface area contributed by atoms with Crippen LogP contribution in [0.3, 0.4) is 0 Å². The quantitative estimate of drug-likeness (QED) is 0.735. The van der Waals surface area contributed by atoms with Crippen molar-refractivity contribution in [1.82, 2.24) is 0 Å². The Hall–Kier alpha value is -0.790. The second-order valence-corrected chi connectivity index (χ2v) is 5.90. The molecule has 0 aromatic heterocycles. The fourth-order valence-electron chi connectivity index (χ4n) is 3.55. The minimum Gasteiger partial charge on any atom is -0.512 e. The van der Waals surface area contributed by atoms with Crippen LogP contribution in [0.5, 0.6) is 0 Å². The number of ketones is 1. The molecule has 0 bridgehead atoms. The van der Waals surface area contributed by atoms with E-state index in [1.807, 2.05) is 0 Å². The molecule has 0 aromatic carbocycles. The van der Waals surface area contributed by atoms with Crippen LogP contribution < -0.4 is 0 Å². The summed E-state index contributed by atoms with van der Waals surface area (Å²) < 4.78 is 0. The van der Waals surface area contributed by atoms with Gasteiger partial charge in [-0.25, -0.2) is 0 Å². The van der Waals surface area contributed by atoms with Crippen molar-refractivity contribution in [3.05, 3.63) is 11.3 Å². The van der Waals surface area contributed by atoms with E-state index in [1.54, 1.807) is 6.92 Å². The number of hydrogen-bond acceptors (Lipinski definition) is 2. The van der Waals surface area contributed by atoms with E-state index in [1.165, 1.54) is 19.3 Å². The second-order valence-electron chi connectivity index (χ2n) is 5.90. The topological polar surface area (TPSA) is 37.3 Å².